The first-order valence-electron chi connectivity index (χ1n) is 7.10. The first-order chi connectivity index (χ1) is 10.1. The molecular formula is C13H16N4O3S. The normalized spacial score (nSPS) is 27.5. The van der Waals surface area contributed by atoms with E-state index in [0.717, 1.165) is 41.6 Å². The lowest BCUT2D eigenvalue weighted by atomic mass is 10.2. The zero-order chi connectivity index (χ0) is 14.6. The van der Waals surface area contributed by atoms with Gasteiger partial charge in [-0.25, -0.2) is 4.98 Å². The van der Waals surface area contributed by atoms with Crippen molar-refractivity contribution in [2.24, 2.45) is 0 Å². The Hall–Kier alpha value is -1.67. The third-order valence-corrected chi connectivity index (χ3v) is 5.17. The average molecular weight is 308 g/mol. The number of thiazole rings is 1. The first kappa shape index (κ1) is 13.0. The van der Waals surface area contributed by atoms with E-state index in [2.05, 4.69) is 14.8 Å². The zero-order valence-electron chi connectivity index (χ0n) is 11.7. The van der Waals surface area contributed by atoms with Crippen LogP contribution < -0.4 is 0 Å². The molecular weight excluding hydrogens is 292 g/mol. The molecule has 2 unspecified atom stereocenters. The van der Waals surface area contributed by atoms with Gasteiger partial charge in [-0.1, -0.05) is 0 Å². The fraction of sp³-hybridized carbons (Fsp3) is 0.615. The Balaban J connectivity index is 1.69. The van der Waals surface area contributed by atoms with Gasteiger partial charge in [-0.3, -0.25) is 10.1 Å². The lowest BCUT2D eigenvalue weighted by Gasteiger charge is -2.32. The van der Waals surface area contributed by atoms with Gasteiger partial charge in [0.1, 0.15) is 6.23 Å². The molecule has 0 amide bonds. The lowest BCUT2D eigenvalue weighted by molar-refractivity contribution is -0.443. The molecule has 3 aliphatic heterocycles. The third kappa shape index (κ3) is 2.01. The highest BCUT2D eigenvalue weighted by Crippen LogP contribution is 2.41. The molecule has 0 spiro atoms. The Bertz CT molecular complexity index is 629. The van der Waals surface area contributed by atoms with Crippen LogP contribution in [0.5, 0.6) is 0 Å². The largest absolute Gasteiger partial charge is 0.346 e. The van der Waals surface area contributed by atoms with Crippen molar-refractivity contribution in [1.29, 1.82) is 0 Å². The van der Waals surface area contributed by atoms with Crippen LogP contribution in [-0.2, 0) is 11.3 Å². The fourth-order valence-electron chi connectivity index (χ4n) is 3.43. The van der Waals surface area contributed by atoms with Crippen molar-refractivity contribution < 1.29 is 9.66 Å². The summed E-state index contributed by atoms with van der Waals surface area (Å²) in [4.78, 5) is 20.8. The molecule has 2 saturated heterocycles. The molecule has 3 aliphatic rings. The van der Waals surface area contributed by atoms with Gasteiger partial charge in [-0.15, -0.1) is 11.3 Å². The maximum absolute atomic E-state index is 11.5. The molecule has 2 fully saturated rings. The Morgan fingerprint density at radius 2 is 2.38 bits per heavy atom. The number of ether oxygens (including phenoxy) is 1. The van der Waals surface area contributed by atoms with Crippen molar-refractivity contribution in [3.05, 3.63) is 37.7 Å². The van der Waals surface area contributed by atoms with E-state index >= 15 is 0 Å². The van der Waals surface area contributed by atoms with Crippen molar-refractivity contribution in [3.8, 4) is 0 Å². The summed E-state index contributed by atoms with van der Waals surface area (Å²) in [5.41, 5.74) is 0.238. The third-order valence-electron chi connectivity index (χ3n) is 4.27. The molecule has 4 rings (SSSR count). The van der Waals surface area contributed by atoms with E-state index in [-0.39, 0.29) is 23.0 Å². The Labute approximate surface area is 126 Å². The number of fused-ring (bicyclic) bond motifs is 4. The summed E-state index contributed by atoms with van der Waals surface area (Å²) in [6, 6.07) is 0. The molecule has 2 atom stereocenters. The highest BCUT2D eigenvalue weighted by molar-refractivity contribution is 7.11. The van der Waals surface area contributed by atoms with Gasteiger partial charge in [0.15, 0.2) is 11.9 Å². The number of aromatic nitrogens is 1. The average Bonchev–Trinajstić information content (AvgIpc) is 3.13. The molecule has 1 aromatic heterocycles. The monoisotopic (exact) mass is 308 g/mol. The second-order valence-electron chi connectivity index (χ2n) is 5.58. The van der Waals surface area contributed by atoms with Gasteiger partial charge in [0.05, 0.1) is 16.5 Å². The van der Waals surface area contributed by atoms with Crippen molar-refractivity contribution in [1.82, 2.24) is 14.8 Å². The molecule has 1 aromatic rings. The van der Waals surface area contributed by atoms with Crippen molar-refractivity contribution in [3.63, 3.8) is 0 Å². The van der Waals surface area contributed by atoms with E-state index in [4.69, 9.17) is 4.74 Å². The van der Waals surface area contributed by atoms with Crippen LogP contribution in [0.2, 0.25) is 0 Å². The van der Waals surface area contributed by atoms with Crippen molar-refractivity contribution in [2.45, 2.75) is 38.6 Å². The summed E-state index contributed by atoms with van der Waals surface area (Å²) in [5, 5.41) is 12.5. The second kappa shape index (κ2) is 4.67. The molecule has 0 radical (unpaired) electrons. The van der Waals surface area contributed by atoms with Crippen LogP contribution in [-0.4, -0.2) is 45.1 Å². The Morgan fingerprint density at radius 1 is 1.52 bits per heavy atom. The van der Waals surface area contributed by atoms with Crippen molar-refractivity contribution in [2.75, 3.05) is 13.1 Å². The summed E-state index contributed by atoms with van der Waals surface area (Å²) in [6.45, 7) is 4.26. The van der Waals surface area contributed by atoms with E-state index < -0.39 is 0 Å². The van der Waals surface area contributed by atoms with Gasteiger partial charge in [0.2, 0.25) is 0 Å². The van der Waals surface area contributed by atoms with Crippen LogP contribution in [0, 0.1) is 17.0 Å². The van der Waals surface area contributed by atoms with Crippen LogP contribution in [0.4, 0.5) is 0 Å². The number of hydrogen-bond donors (Lipinski definition) is 0. The van der Waals surface area contributed by atoms with Crippen LogP contribution in [0.3, 0.4) is 0 Å². The van der Waals surface area contributed by atoms with E-state index in [1.807, 2.05) is 13.1 Å². The molecule has 8 heteroatoms. The molecule has 0 saturated carbocycles. The van der Waals surface area contributed by atoms with Gasteiger partial charge >= 0.3 is 5.70 Å². The van der Waals surface area contributed by atoms with Crippen LogP contribution in [0.1, 0.15) is 22.7 Å². The van der Waals surface area contributed by atoms with Gasteiger partial charge in [-0.2, -0.15) is 0 Å². The molecule has 4 heterocycles. The number of nitrogens with zero attached hydrogens (tertiary/aromatic N) is 4. The minimum absolute atomic E-state index is 0.0156. The topological polar surface area (TPSA) is 71.7 Å². The van der Waals surface area contributed by atoms with Crippen LogP contribution >= 0.6 is 11.3 Å². The predicted octanol–water partition coefficient (Wildman–Crippen LogP) is 1.53. The van der Waals surface area contributed by atoms with Gasteiger partial charge in [0, 0.05) is 24.2 Å². The highest BCUT2D eigenvalue weighted by Gasteiger charge is 2.50. The minimum atomic E-state index is -0.347. The summed E-state index contributed by atoms with van der Waals surface area (Å²) < 4.78 is 5.78. The summed E-state index contributed by atoms with van der Waals surface area (Å²) >= 11 is 1.65. The summed E-state index contributed by atoms with van der Waals surface area (Å²) in [5.74, 6) is 0.768. The van der Waals surface area contributed by atoms with E-state index in [1.54, 1.807) is 11.3 Å². The molecule has 21 heavy (non-hydrogen) atoms. The molecule has 0 N–H and O–H groups in total. The van der Waals surface area contributed by atoms with Gasteiger partial charge in [-0.05, 0) is 19.8 Å². The predicted molar refractivity (Wildman–Crippen MR) is 75.9 cm³/mol. The zero-order valence-corrected chi connectivity index (χ0v) is 12.5. The second-order valence-corrected chi connectivity index (χ2v) is 6.90. The first-order valence-corrected chi connectivity index (χ1v) is 7.92. The number of rotatable bonds is 3. The fourth-order valence-corrected chi connectivity index (χ4v) is 4.24. The Morgan fingerprint density at radius 3 is 3.10 bits per heavy atom. The maximum Gasteiger partial charge on any atom is 0.314 e. The summed E-state index contributed by atoms with van der Waals surface area (Å²) in [7, 11) is 0. The SMILES string of the molecule is Cc1ncc(CN2CCN3C2=C([N+](=O)[O-])C2CCC3O2)s1. The standard InChI is InChI=1S/C13H16N4O3S/c1-8-14-6-9(21-8)7-15-4-5-16-11-3-2-10(20-11)12(13(15)16)17(18)19/h6,10-11H,2-5,7H2,1H3. The quantitative estimate of drug-likeness (QED) is 0.623. The number of nitro groups is 1. The molecule has 0 aliphatic carbocycles. The molecule has 7 nitrogen and oxygen atoms in total. The van der Waals surface area contributed by atoms with Gasteiger partial charge < -0.3 is 14.5 Å². The smallest absolute Gasteiger partial charge is 0.314 e. The lowest BCUT2D eigenvalue weighted by Crippen LogP contribution is -2.41. The van der Waals surface area contributed by atoms with Gasteiger partial charge in [0.25, 0.3) is 0 Å². The molecule has 2 bridgehead atoms. The number of hydrogen-bond acceptors (Lipinski definition) is 7. The minimum Gasteiger partial charge on any atom is -0.346 e. The Kier molecular flexibility index (Phi) is 2.90. The molecule has 112 valence electrons. The van der Waals surface area contributed by atoms with E-state index in [0.29, 0.717) is 6.54 Å². The molecule has 0 aromatic carbocycles. The summed E-state index contributed by atoms with van der Waals surface area (Å²) in [6.07, 6.45) is 3.15. The highest BCUT2D eigenvalue weighted by atomic mass is 32.1. The number of aryl methyl sites for hydroxylation is 1. The van der Waals surface area contributed by atoms with E-state index in [9.17, 15) is 10.1 Å². The maximum atomic E-state index is 11.5. The van der Waals surface area contributed by atoms with Crippen LogP contribution in [0.15, 0.2) is 17.7 Å². The van der Waals surface area contributed by atoms with E-state index in [1.165, 1.54) is 0 Å². The van der Waals surface area contributed by atoms with Crippen LogP contribution in [0.25, 0.3) is 0 Å². The van der Waals surface area contributed by atoms with Crippen molar-refractivity contribution >= 4 is 11.3 Å².